The predicted octanol–water partition coefficient (Wildman–Crippen LogP) is 5.17. The summed E-state index contributed by atoms with van der Waals surface area (Å²) in [5.41, 5.74) is 3.87. The Morgan fingerprint density at radius 3 is 2.52 bits per heavy atom. The van der Waals surface area contributed by atoms with E-state index in [2.05, 4.69) is 17.0 Å². The van der Waals surface area contributed by atoms with Crippen LogP contribution < -0.4 is 24.3 Å². The molecule has 0 atom stereocenters. The Hall–Kier alpha value is -4.96. The number of hydrogen-bond donors (Lipinski definition) is 0. The topological polar surface area (TPSA) is 92.8 Å². The zero-order valence-corrected chi connectivity index (χ0v) is 23.7. The first-order valence-corrected chi connectivity index (χ1v) is 14.7. The van der Waals surface area contributed by atoms with Gasteiger partial charge in [0, 0.05) is 22.9 Å². The molecule has 0 unspecified atom stereocenters. The third-order valence-electron chi connectivity index (χ3n) is 6.93. The first-order valence-electron chi connectivity index (χ1n) is 13.9. The Morgan fingerprint density at radius 2 is 1.74 bits per heavy atom. The van der Waals surface area contributed by atoms with Crippen LogP contribution in [0.5, 0.6) is 17.2 Å². The van der Waals surface area contributed by atoms with Crippen molar-refractivity contribution in [3.63, 3.8) is 0 Å². The third-order valence-corrected chi connectivity index (χ3v) is 7.89. The quantitative estimate of drug-likeness (QED) is 0.231. The van der Waals surface area contributed by atoms with E-state index >= 15 is 0 Å². The van der Waals surface area contributed by atoms with E-state index in [4.69, 9.17) is 19.3 Å². The molecule has 0 saturated heterocycles. The highest BCUT2D eigenvalue weighted by atomic mass is 32.1. The van der Waals surface area contributed by atoms with Gasteiger partial charge in [-0.3, -0.25) is 4.79 Å². The van der Waals surface area contributed by atoms with Crippen molar-refractivity contribution in [3.05, 3.63) is 99.4 Å². The Labute approximate surface area is 245 Å². The number of benzene rings is 3. The van der Waals surface area contributed by atoms with Gasteiger partial charge in [-0.2, -0.15) is 14.6 Å². The Kier molecular flexibility index (Phi) is 6.89. The van der Waals surface area contributed by atoms with Crippen molar-refractivity contribution in [2.75, 3.05) is 19.8 Å². The first kappa shape index (κ1) is 26.0. The Morgan fingerprint density at radius 1 is 0.952 bits per heavy atom. The zero-order valence-electron chi connectivity index (χ0n) is 22.9. The molecule has 42 heavy (non-hydrogen) atoms. The molecular weight excluding hydrogens is 550 g/mol. The van der Waals surface area contributed by atoms with Gasteiger partial charge >= 0.3 is 0 Å². The Balaban J connectivity index is 1.26. The highest BCUT2D eigenvalue weighted by Crippen LogP contribution is 2.35. The number of ether oxygens (including phenoxy) is 3. The van der Waals surface area contributed by atoms with E-state index in [1.807, 2.05) is 89.8 Å². The van der Waals surface area contributed by atoms with Gasteiger partial charge in [-0.1, -0.05) is 42.9 Å². The van der Waals surface area contributed by atoms with E-state index < -0.39 is 0 Å². The van der Waals surface area contributed by atoms with Crippen molar-refractivity contribution in [1.29, 1.82) is 0 Å². The van der Waals surface area contributed by atoms with Crippen LogP contribution in [0.1, 0.15) is 25.3 Å². The van der Waals surface area contributed by atoms with E-state index in [0.717, 1.165) is 46.7 Å². The van der Waals surface area contributed by atoms with Crippen molar-refractivity contribution in [3.8, 4) is 45.6 Å². The van der Waals surface area contributed by atoms with Crippen LogP contribution in [0, 0.1) is 0 Å². The summed E-state index contributed by atoms with van der Waals surface area (Å²) < 4.78 is 21.0. The molecule has 0 N–H and O–H groups in total. The maximum atomic E-state index is 13.5. The number of thiazole rings is 1. The molecule has 3 aromatic heterocycles. The summed E-state index contributed by atoms with van der Waals surface area (Å²) in [6, 6.07) is 23.3. The fourth-order valence-electron chi connectivity index (χ4n) is 4.75. The van der Waals surface area contributed by atoms with Gasteiger partial charge in [0.25, 0.3) is 5.56 Å². The van der Waals surface area contributed by atoms with Gasteiger partial charge in [0.05, 0.1) is 16.8 Å². The first-order chi connectivity index (χ1) is 20.7. The van der Waals surface area contributed by atoms with Crippen LogP contribution in [0.4, 0.5) is 0 Å². The van der Waals surface area contributed by atoms with Gasteiger partial charge in [0.1, 0.15) is 24.7 Å². The zero-order chi connectivity index (χ0) is 28.5. The molecule has 10 heteroatoms. The van der Waals surface area contributed by atoms with Crippen LogP contribution in [-0.2, 0) is 0 Å². The molecule has 0 amide bonds. The number of fused-ring (bicyclic) bond motifs is 2. The maximum Gasteiger partial charge on any atom is 0.291 e. The molecule has 0 bridgehead atoms. The van der Waals surface area contributed by atoms with E-state index in [0.29, 0.717) is 46.6 Å². The van der Waals surface area contributed by atoms with Gasteiger partial charge in [-0.05, 0) is 67.1 Å². The van der Waals surface area contributed by atoms with Crippen molar-refractivity contribution in [2.45, 2.75) is 19.8 Å². The predicted molar refractivity (Wildman–Crippen MR) is 162 cm³/mol. The summed E-state index contributed by atoms with van der Waals surface area (Å²) in [6.07, 6.45) is 5.87. The van der Waals surface area contributed by atoms with E-state index in [9.17, 15) is 4.79 Å². The minimum absolute atomic E-state index is 0.228. The van der Waals surface area contributed by atoms with Gasteiger partial charge in [0.15, 0.2) is 17.3 Å². The van der Waals surface area contributed by atoms with Gasteiger partial charge in [-0.15, -0.1) is 5.10 Å². The average molecular weight is 578 g/mol. The fraction of sp³-hybridized carbons (Fsp3) is 0.188. The lowest BCUT2D eigenvalue weighted by Gasteiger charge is -2.18. The minimum Gasteiger partial charge on any atom is -0.494 e. The van der Waals surface area contributed by atoms with Crippen molar-refractivity contribution < 1.29 is 14.2 Å². The van der Waals surface area contributed by atoms with Crippen LogP contribution in [-0.4, -0.2) is 44.2 Å². The van der Waals surface area contributed by atoms with Crippen molar-refractivity contribution in [1.82, 2.24) is 24.4 Å². The van der Waals surface area contributed by atoms with E-state index in [1.54, 1.807) is 0 Å². The summed E-state index contributed by atoms with van der Waals surface area (Å²) in [4.78, 5) is 18.6. The molecule has 6 aromatic rings. The number of aromatic nitrogens is 5. The lowest BCUT2D eigenvalue weighted by molar-refractivity contribution is 0.171. The molecule has 0 aliphatic carbocycles. The summed E-state index contributed by atoms with van der Waals surface area (Å²) >= 11 is 1.30. The molecule has 4 heterocycles. The normalized spacial score (nSPS) is 13.1. The summed E-state index contributed by atoms with van der Waals surface area (Å²) in [5.74, 6) is 2.69. The summed E-state index contributed by atoms with van der Waals surface area (Å²) in [6.45, 7) is 3.84. The number of para-hydroxylation sites is 1. The van der Waals surface area contributed by atoms with Gasteiger partial charge < -0.3 is 14.2 Å². The van der Waals surface area contributed by atoms with Crippen molar-refractivity contribution in [2.24, 2.45) is 0 Å². The monoisotopic (exact) mass is 577 g/mol. The molecule has 0 spiro atoms. The molecule has 210 valence electrons. The summed E-state index contributed by atoms with van der Waals surface area (Å²) in [5, 5.41) is 9.42. The van der Waals surface area contributed by atoms with Crippen LogP contribution >= 0.6 is 11.3 Å². The lowest BCUT2D eigenvalue weighted by Crippen LogP contribution is -2.23. The second kappa shape index (κ2) is 11.1. The fourth-order valence-corrected chi connectivity index (χ4v) is 5.65. The molecule has 0 saturated carbocycles. The van der Waals surface area contributed by atoms with E-state index in [-0.39, 0.29) is 5.56 Å². The van der Waals surface area contributed by atoms with Crippen molar-refractivity contribution >= 4 is 22.4 Å². The largest absolute Gasteiger partial charge is 0.494 e. The smallest absolute Gasteiger partial charge is 0.291 e. The number of nitrogens with zero attached hydrogens (tertiary/aromatic N) is 5. The molecular formula is C32H27N5O4S. The summed E-state index contributed by atoms with van der Waals surface area (Å²) in [7, 11) is 0. The molecule has 0 radical (unpaired) electrons. The number of hydrogen-bond acceptors (Lipinski definition) is 8. The van der Waals surface area contributed by atoms with Gasteiger partial charge in [-0.25, -0.2) is 4.68 Å². The standard InChI is InChI=1S/C32H27N5O4S/c1-2-3-15-39-25-12-9-21(10-13-25)30-33-32-37(35-30)31(38)28(42-32)19-23-20-36(24-7-5-4-6-8-24)34-29(23)22-11-14-26-27(18-22)41-17-16-40-26/h4-14,18-20H,2-3,15-17H2,1H3/b28-19-. The second-order valence-electron chi connectivity index (χ2n) is 9.84. The Bertz CT molecular complexity index is 1980. The molecule has 0 fully saturated rings. The van der Waals surface area contributed by atoms with Crippen LogP contribution in [0.15, 0.2) is 83.8 Å². The molecule has 1 aliphatic rings. The highest BCUT2D eigenvalue weighted by Gasteiger charge is 2.18. The number of unbranched alkanes of at least 4 members (excludes halogenated alkanes) is 1. The van der Waals surface area contributed by atoms with Crippen LogP contribution in [0.3, 0.4) is 0 Å². The SMILES string of the molecule is CCCCOc1ccc(-c2nc3s/c(=C\c4cn(-c5ccccc5)nc4-c4ccc5c(c4)OCCO5)c(=O)n3n2)cc1. The van der Waals surface area contributed by atoms with Gasteiger partial charge in [0.2, 0.25) is 4.96 Å². The highest BCUT2D eigenvalue weighted by molar-refractivity contribution is 7.15. The molecule has 7 rings (SSSR count). The molecule has 3 aromatic carbocycles. The second-order valence-corrected chi connectivity index (χ2v) is 10.9. The third kappa shape index (κ3) is 5.01. The van der Waals surface area contributed by atoms with Crippen LogP contribution in [0.2, 0.25) is 0 Å². The average Bonchev–Trinajstić information content (AvgIpc) is 3.73. The van der Waals surface area contributed by atoms with Crippen LogP contribution in [0.25, 0.3) is 39.4 Å². The van der Waals surface area contributed by atoms with E-state index in [1.165, 1.54) is 15.9 Å². The maximum absolute atomic E-state index is 13.5. The molecule has 9 nitrogen and oxygen atoms in total. The molecule has 1 aliphatic heterocycles. The number of rotatable bonds is 8. The minimum atomic E-state index is -0.228. The lowest BCUT2D eigenvalue weighted by atomic mass is 10.1.